The molecular formula is C17H29N5O2. The molecule has 134 valence electrons. The van der Waals surface area contributed by atoms with Crippen LogP contribution in [-0.4, -0.2) is 66.9 Å². The minimum atomic E-state index is 0.188. The van der Waals surface area contributed by atoms with Crippen molar-refractivity contribution in [3.05, 3.63) is 23.5 Å². The van der Waals surface area contributed by atoms with Crippen molar-refractivity contribution in [2.45, 2.75) is 26.8 Å². The number of aromatic nitrogens is 1. The van der Waals surface area contributed by atoms with E-state index in [2.05, 4.69) is 25.5 Å². The lowest BCUT2D eigenvalue weighted by Gasteiger charge is -2.26. The molecule has 3 N–H and O–H groups in total. The standard InChI is InChI=1S/C17H29N5O2/c1-3-18-17(19-7-4-8-22-9-11-24-12-10-22)20-13-15-16(23)6-5-14(2)21-15/h5-6,23H,3-4,7-13H2,1-2H3,(H2,18,19,20). The van der Waals surface area contributed by atoms with Crippen molar-refractivity contribution in [2.24, 2.45) is 4.99 Å². The van der Waals surface area contributed by atoms with Gasteiger partial charge in [0.2, 0.25) is 0 Å². The van der Waals surface area contributed by atoms with Crippen LogP contribution in [0.2, 0.25) is 0 Å². The Bertz CT molecular complexity index is 530. The highest BCUT2D eigenvalue weighted by Gasteiger charge is 2.09. The van der Waals surface area contributed by atoms with Gasteiger partial charge in [-0.2, -0.15) is 0 Å². The molecule has 1 aliphatic rings. The van der Waals surface area contributed by atoms with Gasteiger partial charge in [0, 0.05) is 31.9 Å². The lowest BCUT2D eigenvalue weighted by Crippen LogP contribution is -2.40. The molecule has 0 bridgehead atoms. The van der Waals surface area contributed by atoms with Crippen LogP contribution < -0.4 is 10.6 Å². The van der Waals surface area contributed by atoms with E-state index in [0.717, 1.165) is 64.0 Å². The first kappa shape index (κ1) is 18.5. The second kappa shape index (κ2) is 10.1. The Hall–Kier alpha value is -1.86. The average Bonchev–Trinajstić information content (AvgIpc) is 2.60. The van der Waals surface area contributed by atoms with Gasteiger partial charge < -0.3 is 20.5 Å². The Morgan fingerprint density at radius 3 is 2.88 bits per heavy atom. The molecule has 0 aromatic carbocycles. The van der Waals surface area contributed by atoms with Crippen molar-refractivity contribution < 1.29 is 9.84 Å². The second-order valence-electron chi connectivity index (χ2n) is 5.85. The van der Waals surface area contributed by atoms with Gasteiger partial charge in [0.05, 0.1) is 19.8 Å². The third-order valence-electron chi connectivity index (χ3n) is 3.87. The van der Waals surface area contributed by atoms with Gasteiger partial charge >= 0.3 is 0 Å². The van der Waals surface area contributed by atoms with Crippen LogP contribution in [0.1, 0.15) is 24.7 Å². The third kappa shape index (κ3) is 6.33. The Kier molecular flexibility index (Phi) is 7.77. The molecule has 1 fully saturated rings. The van der Waals surface area contributed by atoms with Crippen LogP contribution in [0.3, 0.4) is 0 Å². The fraction of sp³-hybridized carbons (Fsp3) is 0.647. The van der Waals surface area contributed by atoms with Crippen molar-refractivity contribution >= 4 is 5.96 Å². The van der Waals surface area contributed by atoms with E-state index in [1.807, 2.05) is 13.8 Å². The van der Waals surface area contributed by atoms with Crippen molar-refractivity contribution in [1.82, 2.24) is 20.5 Å². The zero-order chi connectivity index (χ0) is 17.2. The van der Waals surface area contributed by atoms with E-state index in [1.54, 1.807) is 12.1 Å². The summed E-state index contributed by atoms with van der Waals surface area (Å²) >= 11 is 0. The molecule has 0 atom stereocenters. The van der Waals surface area contributed by atoms with Crippen LogP contribution in [0, 0.1) is 6.92 Å². The summed E-state index contributed by atoms with van der Waals surface area (Å²) in [5.41, 5.74) is 1.47. The molecule has 0 saturated carbocycles. The molecule has 0 aliphatic carbocycles. The molecule has 7 nitrogen and oxygen atoms in total. The largest absolute Gasteiger partial charge is 0.506 e. The molecule has 24 heavy (non-hydrogen) atoms. The summed E-state index contributed by atoms with van der Waals surface area (Å²) in [4.78, 5) is 11.3. The Balaban J connectivity index is 1.78. The third-order valence-corrected chi connectivity index (χ3v) is 3.87. The number of nitrogens with zero attached hydrogens (tertiary/aromatic N) is 3. The summed E-state index contributed by atoms with van der Waals surface area (Å²) in [7, 11) is 0. The summed E-state index contributed by atoms with van der Waals surface area (Å²) in [5.74, 6) is 0.940. The number of hydrogen-bond acceptors (Lipinski definition) is 5. The minimum absolute atomic E-state index is 0.188. The zero-order valence-corrected chi connectivity index (χ0v) is 14.7. The molecule has 1 saturated heterocycles. The molecule has 0 amide bonds. The fourth-order valence-electron chi connectivity index (χ4n) is 2.55. The molecule has 2 rings (SSSR count). The molecule has 7 heteroatoms. The van der Waals surface area contributed by atoms with Crippen LogP contribution in [0.15, 0.2) is 17.1 Å². The van der Waals surface area contributed by atoms with Gasteiger partial charge in [0.1, 0.15) is 11.4 Å². The predicted octanol–water partition coefficient (Wildman–Crippen LogP) is 0.873. The smallest absolute Gasteiger partial charge is 0.191 e. The van der Waals surface area contributed by atoms with Crippen molar-refractivity contribution in [1.29, 1.82) is 0 Å². The first-order valence-corrected chi connectivity index (χ1v) is 8.67. The maximum Gasteiger partial charge on any atom is 0.191 e. The normalized spacial score (nSPS) is 16.2. The molecule has 0 unspecified atom stereocenters. The van der Waals surface area contributed by atoms with E-state index in [0.29, 0.717) is 12.2 Å². The van der Waals surface area contributed by atoms with Crippen LogP contribution in [0.25, 0.3) is 0 Å². The lowest BCUT2D eigenvalue weighted by atomic mass is 10.3. The highest BCUT2D eigenvalue weighted by atomic mass is 16.5. The molecule has 0 radical (unpaired) electrons. The maximum atomic E-state index is 9.85. The molecule has 1 aromatic heterocycles. The van der Waals surface area contributed by atoms with Crippen LogP contribution in [0.4, 0.5) is 0 Å². The van der Waals surface area contributed by atoms with Crippen LogP contribution in [0.5, 0.6) is 5.75 Å². The Morgan fingerprint density at radius 2 is 2.12 bits per heavy atom. The number of rotatable bonds is 7. The average molecular weight is 335 g/mol. The summed E-state index contributed by atoms with van der Waals surface area (Å²) in [6.07, 6.45) is 1.05. The highest BCUT2D eigenvalue weighted by Crippen LogP contribution is 2.15. The Labute approximate surface area is 144 Å². The summed E-state index contributed by atoms with van der Waals surface area (Å²) in [6.45, 7) is 10.7. The number of nitrogens with one attached hydrogen (secondary N) is 2. The topological polar surface area (TPSA) is 82.0 Å². The van der Waals surface area contributed by atoms with E-state index < -0.39 is 0 Å². The number of aryl methyl sites for hydroxylation is 1. The van der Waals surface area contributed by atoms with E-state index in [9.17, 15) is 5.11 Å². The molecular weight excluding hydrogens is 306 g/mol. The molecule has 1 aromatic rings. The Morgan fingerprint density at radius 1 is 1.33 bits per heavy atom. The van der Waals surface area contributed by atoms with Gasteiger partial charge in [-0.1, -0.05) is 0 Å². The molecule has 0 spiro atoms. The van der Waals surface area contributed by atoms with E-state index in [-0.39, 0.29) is 5.75 Å². The summed E-state index contributed by atoms with van der Waals surface area (Å²) in [5, 5.41) is 16.4. The van der Waals surface area contributed by atoms with Gasteiger partial charge in [-0.15, -0.1) is 0 Å². The molecule has 1 aliphatic heterocycles. The zero-order valence-electron chi connectivity index (χ0n) is 14.7. The fourth-order valence-corrected chi connectivity index (χ4v) is 2.55. The van der Waals surface area contributed by atoms with Gasteiger partial charge in [-0.25, -0.2) is 4.99 Å². The van der Waals surface area contributed by atoms with E-state index in [1.165, 1.54) is 0 Å². The van der Waals surface area contributed by atoms with Gasteiger partial charge in [-0.05, 0) is 38.9 Å². The number of ether oxygens (including phenoxy) is 1. The van der Waals surface area contributed by atoms with Crippen molar-refractivity contribution in [3.8, 4) is 5.75 Å². The van der Waals surface area contributed by atoms with Gasteiger partial charge in [-0.3, -0.25) is 9.88 Å². The van der Waals surface area contributed by atoms with Gasteiger partial charge in [0.15, 0.2) is 5.96 Å². The first-order valence-electron chi connectivity index (χ1n) is 8.67. The summed E-state index contributed by atoms with van der Waals surface area (Å²) < 4.78 is 5.36. The number of aliphatic imine (C=N–C) groups is 1. The lowest BCUT2D eigenvalue weighted by molar-refractivity contribution is 0.0376. The number of aromatic hydroxyl groups is 1. The maximum absolute atomic E-state index is 9.85. The minimum Gasteiger partial charge on any atom is -0.506 e. The number of guanidine groups is 1. The number of morpholine rings is 1. The predicted molar refractivity (Wildman–Crippen MR) is 95.3 cm³/mol. The van der Waals surface area contributed by atoms with Crippen LogP contribution in [-0.2, 0) is 11.3 Å². The number of hydrogen-bond donors (Lipinski definition) is 3. The first-order chi connectivity index (χ1) is 11.7. The van der Waals surface area contributed by atoms with Gasteiger partial charge in [0.25, 0.3) is 0 Å². The van der Waals surface area contributed by atoms with Crippen LogP contribution >= 0.6 is 0 Å². The van der Waals surface area contributed by atoms with E-state index in [4.69, 9.17) is 4.74 Å². The van der Waals surface area contributed by atoms with Crippen molar-refractivity contribution in [2.75, 3.05) is 45.9 Å². The SMILES string of the molecule is CCNC(=NCc1nc(C)ccc1O)NCCCN1CCOCC1. The highest BCUT2D eigenvalue weighted by molar-refractivity contribution is 5.79. The number of pyridine rings is 1. The second-order valence-corrected chi connectivity index (χ2v) is 5.85. The van der Waals surface area contributed by atoms with Crippen molar-refractivity contribution in [3.63, 3.8) is 0 Å². The summed E-state index contributed by atoms with van der Waals surface area (Å²) in [6, 6.07) is 3.45. The van der Waals surface area contributed by atoms with E-state index >= 15 is 0 Å². The monoisotopic (exact) mass is 335 g/mol. The quantitative estimate of drug-likeness (QED) is 0.390. The molecule has 2 heterocycles.